The normalized spacial score (nSPS) is 17.6. The Bertz CT molecular complexity index is 1210. The number of hydrogen-bond acceptors (Lipinski definition) is 6. The van der Waals surface area contributed by atoms with Crippen LogP contribution in [-0.2, 0) is 9.59 Å². The molecule has 2 aromatic carbocycles. The molecule has 0 saturated carbocycles. The third-order valence-corrected chi connectivity index (χ3v) is 6.75. The van der Waals surface area contributed by atoms with E-state index in [1.807, 2.05) is 17.5 Å². The van der Waals surface area contributed by atoms with Crippen LogP contribution in [-0.4, -0.2) is 31.0 Å². The lowest BCUT2D eigenvalue weighted by atomic mass is 9.98. The van der Waals surface area contributed by atoms with Crippen LogP contribution in [0.15, 0.2) is 59.5 Å². The summed E-state index contributed by atoms with van der Waals surface area (Å²) in [4.78, 5) is 28.7. The first-order valence-electron chi connectivity index (χ1n) is 9.71. The standard InChI is InChI=1S/C24H20ClNO5S/c1-13-14(25)7-4-8-15(13)26-21(18-11-6-12-32-18)20(23(28)24(26)29)22(27)19-16(30-2)9-5-10-17(19)31-3/h4-12,21,27H,1-3H3/b22-20+. The van der Waals surface area contributed by atoms with Crippen molar-refractivity contribution in [1.82, 2.24) is 0 Å². The van der Waals surface area contributed by atoms with Crippen LogP contribution in [0.5, 0.6) is 11.5 Å². The van der Waals surface area contributed by atoms with Crippen molar-refractivity contribution in [1.29, 1.82) is 0 Å². The van der Waals surface area contributed by atoms with Gasteiger partial charge in [-0.2, -0.15) is 0 Å². The van der Waals surface area contributed by atoms with Crippen LogP contribution in [0, 0.1) is 6.92 Å². The Hall–Kier alpha value is -3.29. The molecule has 0 radical (unpaired) electrons. The number of halogens is 1. The van der Waals surface area contributed by atoms with Gasteiger partial charge in [-0.05, 0) is 48.2 Å². The van der Waals surface area contributed by atoms with E-state index in [0.717, 1.165) is 4.88 Å². The Morgan fingerprint density at radius 2 is 1.69 bits per heavy atom. The van der Waals surface area contributed by atoms with Crippen molar-refractivity contribution in [2.75, 3.05) is 19.1 Å². The number of benzene rings is 2. The first-order chi connectivity index (χ1) is 15.4. The van der Waals surface area contributed by atoms with Crippen LogP contribution in [0.1, 0.15) is 22.0 Å². The first-order valence-corrected chi connectivity index (χ1v) is 11.0. The molecule has 0 bridgehead atoms. The maximum Gasteiger partial charge on any atom is 0.300 e. The van der Waals surface area contributed by atoms with Gasteiger partial charge in [-0.3, -0.25) is 14.5 Å². The third-order valence-electron chi connectivity index (χ3n) is 5.42. The minimum atomic E-state index is -0.832. The second-order valence-electron chi connectivity index (χ2n) is 7.11. The molecule has 0 aliphatic carbocycles. The van der Waals surface area contributed by atoms with Gasteiger partial charge >= 0.3 is 0 Å². The number of carbonyl (C=O) groups is 2. The van der Waals surface area contributed by atoms with Crippen molar-refractivity contribution in [2.45, 2.75) is 13.0 Å². The molecule has 1 fully saturated rings. The Labute approximate surface area is 194 Å². The highest BCUT2D eigenvalue weighted by Crippen LogP contribution is 2.47. The molecule has 1 amide bonds. The summed E-state index contributed by atoms with van der Waals surface area (Å²) in [5.74, 6) is -1.27. The molecule has 6 nitrogen and oxygen atoms in total. The van der Waals surface area contributed by atoms with E-state index in [0.29, 0.717) is 27.8 Å². The molecular weight excluding hydrogens is 450 g/mol. The fraction of sp³-hybridized carbons (Fsp3) is 0.167. The minimum Gasteiger partial charge on any atom is -0.506 e. The largest absolute Gasteiger partial charge is 0.506 e. The highest BCUT2D eigenvalue weighted by molar-refractivity contribution is 7.10. The van der Waals surface area contributed by atoms with Crippen LogP contribution in [0.3, 0.4) is 0 Å². The summed E-state index contributed by atoms with van der Waals surface area (Å²) in [6.07, 6.45) is 0. The van der Waals surface area contributed by atoms with Crippen molar-refractivity contribution in [3.8, 4) is 11.5 Å². The average Bonchev–Trinajstić information content (AvgIpc) is 3.42. The molecule has 2 heterocycles. The smallest absolute Gasteiger partial charge is 0.300 e. The van der Waals surface area contributed by atoms with Crippen molar-refractivity contribution in [3.63, 3.8) is 0 Å². The van der Waals surface area contributed by atoms with Gasteiger partial charge in [0.25, 0.3) is 11.7 Å². The molecule has 0 spiro atoms. The summed E-state index contributed by atoms with van der Waals surface area (Å²) >= 11 is 7.69. The molecule has 1 unspecified atom stereocenters. The van der Waals surface area contributed by atoms with Gasteiger partial charge in [0.1, 0.15) is 28.9 Å². The number of rotatable bonds is 5. The first kappa shape index (κ1) is 21.9. The van der Waals surface area contributed by atoms with E-state index in [9.17, 15) is 14.7 Å². The van der Waals surface area contributed by atoms with E-state index >= 15 is 0 Å². The zero-order valence-corrected chi connectivity index (χ0v) is 19.2. The number of thiophene rings is 1. The molecular formula is C24H20ClNO5S. The second-order valence-corrected chi connectivity index (χ2v) is 8.49. The molecule has 1 aliphatic rings. The van der Waals surface area contributed by atoms with Crippen LogP contribution in [0.2, 0.25) is 5.02 Å². The van der Waals surface area contributed by atoms with E-state index in [-0.39, 0.29) is 16.9 Å². The van der Waals surface area contributed by atoms with Crippen molar-refractivity contribution < 1.29 is 24.2 Å². The summed E-state index contributed by atoms with van der Waals surface area (Å²) in [5.41, 5.74) is 1.33. The van der Waals surface area contributed by atoms with Gasteiger partial charge in [0.05, 0.1) is 19.8 Å². The van der Waals surface area contributed by atoms with Gasteiger partial charge in [0, 0.05) is 15.6 Å². The van der Waals surface area contributed by atoms with Gasteiger partial charge in [-0.1, -0.05) is 29.8 Å². The van der Waals surface area contributed by atoms with E-state index in [1.165, 1.54) is 30.5 Å². The molecule has 8 heteroatoms. The van der Waals surface area contributed by atoms with Gasteiger partial charge < -0.3 is 14.6 Å². The van der Waals surface area contributed by atoms with Gasteiger partial charge in [0.15, 0.2) is 0 Å². The Morgan fingerprint density at radius 1 is 1.03 bits per heavy atom. The number of aliphatic hydroxyl groups excluding tert-OH is 1. The number of carbonyl (C=O) groups excluding carboxylic acids is 2. The van der Waals surface area contributed by atoms with Gasteiger partial charge in [0.2, 0.25) is 0 Å². The highest BCUT2D eigenvalue weighted by Gasteiger charge is 2.48. The number of amides is 1. The minimum absolute atomic E-state index is 0.0420. The second kappa shape index (κ2) is 8.68. The summed E-state index contributed by atoms with van der Waals surface area (Å²) in [7, 11) is 2.91. The number of methoxy groups -OCH3 is 2. The fourth-order valence-electron chi connectivity index (χ4n) is 3.87. The monoisotopic (exact) mass is 469 g/mol. The average molecular weight is 470 g/mol. The fourth-order valence-corrected chi connectivity index (χ4v) is 4.87. The maximum absolute atomic E-state index is 13.3. The lowest BCUT2D eigenvalue weighted by molar-refractivity contribution is -0.132. The van der Waals surface area contributed by atoms with Crippen LogP contribution >= 0.6 is 22.9 Å². The molecule has 1 atom stereocenters. The van der Waals surface area contributed by atoms with E-state index in [2.05, 4.69) is 0 Å². The molecule has 3 aromatic rings. The molecule has 4 rings (SSSR count). The number of anilines is 1. The summed E-state index contributed by atoms with van der Waals surface area (Å²) in [5, 5.41) is 13.7. The number of ether oxygens (including phenoxy) is 2. The predicted molar refractivity (Wildman–Crippen MR) is 125 cm³/mol. The Morgan fingerprint density at radius 3 is 2.28 bits per heavy atom. The van der Waals surface area contributed by atoms with Crippen molar-refractivity contribution in [3.05, 3.63) is 80.5 Å². The van der Waals surface area contributed by atoms with Gasteiger partial charge in [-0.15, -0.1) is 11.3 Å². The predicted octanol–water partition coefficient (Wildman–Crippen LogP) is 5.35. The lowest BCUT2D eigenvalue weighted by Crippen LogP contribution is -2.29. The topological polar surface area (TPSA) is 76.1 Å². The van der Waals surface area contributed by atoms with E-state index < -0.39 is 17.7 Å². The summed E-state index contributed by atoms with van der Waals surface area (Å²) in [6.45, 7) is 1.78. The molecule has 1 N–H and O–H groups in total. The number of aliphatic hydroxyl groups is 1. The van der Waals surface area contributed by atoms with Crippen LogP contribution < -0.4 is 14.4 Å². The Balaban J connectivity index is 2.02. The molecule has 1 saturated heterocycles. The Kier molecular flexibility index (Phi) is 5.95. The number of nitrogens with zero attached hydrogens (tertiary/aromatic N) is 1. The van der Waals surface area contributed by atoms with Gasteiger partial charge in [-0.25, -0.2) is 0 Å². The van der Waals surface area contributed by atoms with E-state index in [4.69, 9.17) is 21.1 Å². The molecule has 1 aromatic heterocycles. The number of Topliss-reactive ketones (excluding diaryl/α,β-unsaturated/α-hetero) is 1. The molecule has 164 valence electrons. The molecule has 32 heavy (non-hydrogen) atoms. The summed E-state index contributed by atoms with van der Waals surface area (Å²) < 4.78 is 10.8. The number of ketones is 1. The number of hydrogen-bond donors (Lipinski definition) is 1. The SMILES string of the molecule is COc1cccc(OC)c1/C(O)=C1\C(=O)C(=O)N(c2cccc(Cl)c2C)C1c1cccs1. The van der Waals surface area contributed by atoms with Crippen LogP contribution in [0.4, 0.5) is 5.69 Å². The quantitative estimate of drug-likeness (QED) is 0.309. The van der Waals surface area contributed by atoms with E-state index in [1.54, 1.807) is 43.3 Å². The van der Waals surface area contributed by atoms with Crippen molar-refractivity contribution in [2.24, 2.45) is 0 Å². The zero-order valence-electron chi connectivity index (χ0n) is 17.6. The zero-order chi connectivity index (χ0) is 23.0. The highest BCUT2D eigenvalue weighted by atomic mass is 35.5. The maximum atomic E-state index is 13.3. The third kappa shape index (κ3) is 3.43. The summed E-state index contributed by atoms with van der Waals surface area (Å²) in [6, 6.07) is 13.0. The lowest BCUT2D eigenvalue weighted by Gasteiger charge is -2.26. The van der Waals surface area contributed by atoms with Crippen LogP contribution in [0.25, 0.3) is 5.76 Å². The molecule has 1 aliphatic heterocycles. The van der Waals surface area contributed by atoms with Crippen molar-refractivity contribution >= 4 is 46.1 Å².